The molecule has 0 aliphatic heterocycles. The number of aromatic nitrogens is 3. The number of nitrogens with zero attached hydrogens (tertiary/aromatic N) is 3. The van der Waals surface area contributed by atoms with Crippen LogP contribution in [-0.4, -0.2) is 34.5 Å². The van der Waals surface area contributed by atoms with Crippen molar-refractivity contribution in [2.24, 2.45) is 7.05 Å². The van der Waals surface area contributed by atoms with Gasteiger partial charge in [-0.1, -0.05) is 6.07 Å². The maximum absolute atomic E-state index is 11.9. The molecule has 8 heteroatoms. The van der Waals surface area contributed by atoms with Crippen LogP contribution in [0.3, 0.4) is 0 Å². The molecule has 0 amide bonds. The van der Waals surface area contributed by atoms with E-state index in [1.165, 1.54) is 11.3 Å². The Labute approximate surface area is 155 Å². The lowest BCUT2D eigenvalue weighted by atomic mass is 10.2. The maximum atomic E-state index is 11.9. The number of aryl methyl sites for hydroxylation is 2. The lowest BCUT2D eigenvalue weighted by Crippen LogP contribution is -2.15. The van der Waals surface area contributed by atoms with Gasteiger partial charge < -0.3 is 14.2 Å². The number of carbonyl (C=O) groups is 1. The van der Waals surface area contributed by atoms with Crippen LogP contribution in [0.4, 0.5) is 0 Å². The molecule has 136 valence electrons. The molecule has 1 aromatic carbocycles. The molecule has 0 spiro atoms. The van der Waals surface area contributed by atoms with E-state index in [4.69, 9.17) is 14.2 Å². The Hall–Kier alpha value is -2.87. The van der Waals surface area contributed by atoms with Gasteiger partial charge in [-0.3, -0.25) is 4.68 Å². The van der Waals surface area contributed by atoms with Crippen LogP contribution in [0, 0.1) is 6.92 Å². The first kappa shape index (κ1) is 17.9. The lowest BCUT2D eigenvalue weighted by molar-refractivity contribution is -0.147. The fraction of sp³-hybridized carbons (Fsp3) is 0.278. The van der Waals surface area contributed by atoms with Gasteiger partial charge in [0.2, 0.25) is 0 Å². The van der Waals surface area contributed by atoms with E-state index < -0.39 is 5.97 Å². The molecule has 2 aromatic heterocycles. The Morgan fingerprint density at radius 3 is 2.88 bits per heavy atom. The van der Waals surface area contributed by atoms with Gasteiger partial charge in [-0.15, -0.1) is 11.3 Å². The van der Waals surface area contributed by atoms with Crippen LogP contribution < -0.4 is 9.47 Å². The molecular formula is C18H19N3O4S. The zero-order chi connectivity index (χ0) is 18.5. The molecule has 0 saturated heterocycles. The average Bonchev–Trinajstić information content (AvgIpc) is 3.27. The summed E-state index contributed by atoms with van der Waals surface area (Å²) in [6.07, 6.45) is 3.63. The number of rotatable bonds is 7. The van der Waals surface area contributed by atoms with E-state index in [1.807, 2.05) is 37.7 Å². The van der Waals surface area contributed by atoms with Crippen molar-refractivity contribution in [1.29, 1.82) is 0 Å². The largest absolute Gasteiger partial charge is 0.493 e. The molecule has 0 aliphatic carbocycles. The van der Waals surface area contributed by atoms with Crippen molar-refractivity contribution < 1.29 is 19.0 Å². The van der Waals surface area contributed by atoms with Crippen LogP contribution in [0.1, 0.15) is 11.3 Å². The standard InChI is InChI=1S/C18H19N3O4S/c1-12-4-5-15(16(6-12)23-3)24-10-17(22)25-9-14-11-26-18(20-14)13-7-19-21(2)8-13/h4-8,11H,9-10H2,1-3H3. The lowest BCUT2D eigenvalue weighted by Gasteiger charge is -2.10. The highest BCUT2D eigenvalue weighted by Gasteiger charge is 2.11. The van der Waals surface area contributed by atoms with Crippen molar-refractivity contribution >= 4 is 17.3 Å². The van der Waals surface area contributed by atoms with E-state index >= 15 is 0 Å². The third-order valence-electron chi connectivity index (χ3n) is 3.55. The molecule has 0 bridgehead atoms. The van der Waals surface area contributed by atoms with Crippen molar-refractivity contribution in [2.75, 3.05) is 13.7 Å². The minimum atomic E-state index is -0.469. The normalized spacial score (nSPS) is 10.6. The van der Waals surface area contributed by atoms with Crippen LogP contribution in [0.2, 0.25) is 0 Å². The minimum absolute atomic E-state index is 0.101. The number of hydrogen-bond donors (Lipinski definition) is 0. The monoisotopic (exact) mass is 373 g/mol. The van der Waals surface area contributed by atoms with E-state index in [0.717, 1.165) is 16.1 Å². The second-order valence-electron chi connectivity index (χ2n) is 5.65. The highest BCUT2D eigenvalue weighted by Crippen LogP contribution is 2.27. The predicted molar refractivity (Wildman–Crippen MR) is 97.3 cm³/mol. The minimum Gasteiger partial charge on any atom is -0.493 e. The average molecular weight is 373 g/mol. The SMILES string of the molecule is COc1cc(C)ccc1OCC(=O)OCc1csc(-c2cnn(C)c2)n1. The van der Waals surface area contributed by atoms with E-state index in [-0.39, 0.29) is 13.2 Å². The first-order chi connectivity index (χ1) is 12.5. The second kappa shape index (κ2) is 8.01. The Balaban J connectivity index is 1.51. The third kappa shape index (κ3) is 4.40. The van der Waals surface area contributed by atoms with Gasteiger partial charge in [0.15, 0.2) is 18.1 Å². The molecule has 3 aromatic rings. The smallest absolute Gasteiger partial charge is 0.344 e. The first-order valence-corrected chi connectivity index (χ1v) is 8.79. The van der Waals surface area contributed by atoms with Gasteiger partial charge >= 0.3 is 5.97 Å². The van der Waals surface area contributed by atoms with E-state index in [9.17, 15) is 4.79 Å². The molecule has 2 heterocycles. The zero-order valence-corrected chi connectivity index (χ0v) is 15.6. The van der Waals surface area contributed by atoms with Crippen molar-refractivity contribution in [3.05, 3.63) is 47.2 Å². The van der Waals surface area contributed by atoms with Gasteiger partial charge in [-0.2, -0.15) is 5.10 Å². The molecule has 0 aliphatic rings. The predicted octanol–water partition coefficient (Wildman–Crippen LogP) is 2.98. The van der Waals surface area contributed by atoms with Crippen molar-refractivity contribution in [3.8, 4) is 22.1 Å². The molecular weight excluding hydrogens is 354 g/mol. The summed E-state index contributed by atoms with van der Waals surface area (Å²) < 4.78 is 17.7. The maximum Gasteiger partial charge on any atom is 0.344 e. The summed E-state index contributed by atoms with van der Waals surface area (Å²) in [7, 11) is 3.41. The number of ether oxygens (including phenoxy) is 3. The number of methoxy groups -OCH3 is 1. The van der Waals surface area contributed by atoms with Crippen LogP contribution in [0.5, 0.6) is 11.5 Å². The summed E-state index contributed by atoms with van der Waals surface area (Å²) in [4.78, 5) is 16.4. The Morgan fingerprint density at radius 2 is 2.15 bits per heavy atom. The molecule has 3 rings (SSSR count). The number of carbonyl (C=O) groups excluding carboxylic acids is 1. The quantitative estimate of drug-likeness (QED) is 0.593. The summed E-state index contributed by atoms with van der Waals surface area (Å²) in [5.41, 5.74) is 2.67. The summed E-state index contributed by atoms with van der Waals surface area (Å²) in [6, 6.07) is 5.50. The van der Waals surface area contributed by atoms with Gasteiger partial charge in [0.25, 0.3) is 0 Å². The molecule has 0 radical (unpaired) electrons. The molecule has 0 unspecified atom stereocenters. The number of esters is 1. The fourth-order valence-electron chi connectivity index (χ4n) is 2.26. The van der Waals surface area contributed by atoms with Crippen molar-refractivity contribution in [2.45, 2.75) is 13.5 Å². The molecule has 7 nitrogen and oxygen atoms in total. The highest BCUT2D eigenvalue weighted by molar-refractivity contribution is 7.13. The van der Waals surface area contributed by atoms with Crippen LogP contribution >= 0.6 is 11.3 Å². The summed E-state index contributed by atoms with van der Waals surface area (Å²) in [5.74, 6) is 0.615. The number of thiazole rings is 1. The van der Waals surface area contributed by atoms with Crippen molar-refractivity contribution in [3.63, 3.8) is 0 Å². The van der Waals surface area contributed by atoms with Crippen LogP contribution in [-0.2, 0) is 23.2 Å². The third-order valence-corrected chi connectivity index (χ3v) is 4.49. The van der Waals surface area contributed by atoms with Gasteiger partial charge in [0.1, 0.15) is 11.6 Å². The van der Waals surface area contributed by atoms with Gasteiger partial charge in [-0.25, -0.2) is 9.78 Å². The summed E-state index contributed by atoms with van der Waals surface area (Å²) in [5, 5.41) is 6.82. The Morgan fingerprint density at radius 1 is 1.31 bits per heavy atom. The summed E-state index contributed by atoms with van der Waals surface area (Å²) in [6.45, 7) is 1.86. The van der Waals surface area contributed by atoms with E-state index in [1.54, 1.807) is 24.1 Å². The number of benzene rings is 1. The first-order valence-electron chi connectivity index (χ1n) is 7.91. The Bertz CT molecular complexity index is 903. The molecule has 0 N–H and O–H groups in total. The second-order valence-corrected chi connectivity index (χ2v) is 6.51. The molecule has 0 saturated carbocycles. The summed E-state index contributed by atoms with van der Waals surface area (Å²) >= 11 is 1.48. The molecule has 26 heavy (non-hydrogen) atoms. The zero-order valence-electron chi connectivity index (χ0n) is 14.8. The van der Waals surface area contributed by atoms with E-state index in [2.05, 4.69) is 10.1 Å². The van der Waals surface area contributed by atoms with Gasteiger partial charge in [0.05, 0.1) is 19.0 Å². The van der Waals surface area contributed by atoms with Gasteiger partial charge in [-0.05, 0) is 24.6 Å². The van der Waals surface area contributed by atoms with Crippen LogP contribution in [0.25, 0.3) is 10.6 Å². The molecule has 0 fully saturated rings. The van der Waals surface area contributed by atoms with Crippen molar-refractivity contribution in [1.82, 2.24) is 14.8 Å². The van der Waals surface area contributed by atoms with Crippen LogP contribution in [0.15, 0.2) is 36.0 Å². The highest BCUT2D eigenvalue weighted by atomic mass is 32.1. The molecule has 0 atom stereocenters. The fourth-order valence-corrected chi connectivity index (χ4v) is 3.04. The topological polar surface area (TPSA) is 75.5 Å². The number of hydrogen-bond acceptors (Lipinski definition) is 7. The van der Waals surface area contributed by atoms with E-state index in [0.29, 0.717) is 17.2 Å². The Kier molecular flexibility index (Phi) is 5.52. The van der Waals surface area contributed by atoms with Gasteiger partial charge in [0, 0.05) is 24.2 Å².